The summed E-state index contributed by atoms with van der Waals surface area (Å²) in [6.45, 7) is 6.37. The molecule has 0 aliphatic carbocycles. The second kappa shape index (κ2) is 7.77. The van der Waals surface area contributed by atoms with E-state index in [4.69, 9.17) is 4.52 Å². The first kappa shape index (κ1) is 19.3. The average Bonchev–Trinajstić information content (AvgIpc) is 3.19. The van der Waals surface area contributed by atoms with Crippen LogP contribution in [0.25, 0.3) is 11.4 Å². The van der Waals surface area contributed by atoms with Gasteiger partial charge in [0.1, 0.15) is 17.2 Å². The summed E-state index contributed by atoms with van der Waals surface area (Å²) in [5.41, 5.74) is 1.75. The molecule has 1 aliphatic rings. The normalized spacial score (nSPS) is 14.0. The van der Waals surface area contributed by atoms with Crippen molar-refractivity contribution in [1.29, 1.82) is 0 Å². The van der Waals surface area contributed by atoms with Crippen LogP contribution in [0.3, 0.4) is 0 Å². The van der Waals surface area contributed by atoms with Gasteiger partial charge in [-0.3, -0.25) is 4.79 Å². The van der Waals surface area contributed by atoms with Crippen LogP contribution in [0.4, 0.5) is 10.1 Å². The predicted octanol–water partition coefficient (Wildman–Crippen LogP) is 4.48. The molecule has 0 fully saturated rings. The number of nitrogens with zero attached hydrogens (tertiary/aromatic N) is 4. The van der Waals surface area contributed by atoms with Gasteiger partial charge < -0.3 is 14.4 Å². The molecule has 1 amide bonds. The standard InChI is InChI=1S/C21H24FN5O2/c1-12(2)19-18(13(3)26-29-19)21(28)23-14-8-9-16(22)15(11-14)20-25-24-17-7-5-4-6-10-27(17)20/h8-9,11-12H,4-7,10H2,1-3H3,(H,23,28). The Hall–Kier alpha value is -3.03. The van der Waals surface area contributed by atoms with Gasteiger partial charge in [-0.2, -0.15) is 0 Å². The molecular formula is C21H24FN5O2. The highest BCUT2D eigenvalue weighted by molar-refractivity contribution is 6.06. The quantitative estimate of drug-likeness (QED) is 0.701. The van der Waals surface area contributed by atoms with E-state index in [2.05, 4.69) is 20.7 Å². The molecular weight excluding hydrogens is 373 g/mol. The van der Waals surface area contributed by atoms with E-state index in [9.17, 15) is 9.18 Å². The van der Waals surface area contributed by atoms with Gasteiger partial charge in [0.05, 0.1) is 11.3 Å². The van der Waals surface area contributed by atoms with Crippen LogP contribution < -0.4 is 5.32 Å². The second-order valence-electron chi connectivity index (χ2n) is 7.71. The SMILES string of the molecule is Cc1noc(C(C)C)c1C(=O)Nc1ccc(F)c(-c2nnc3n2CCCCC3)c1. The Kier molecular flexibility index (Phi) is 5.17. The fourth-order valence-electron chi connectivity index (χ4n) is 3.71. The van der Waals surface area contributed by atoms with Crippen molar-refractivity contribution in [3.8, 4) is 11.4 Å². The molecule has 1 aromatic carbocycles. The van der Waals surface area contributed by atoms with Crippen LogP contribution in [0.1, 0.15) is 66.7 Å². The summed E-state index contributed by atoms with van der Waals surface area (Å²) < 4.78 is 21.9. The minimum absolute atomic E-state index is 0.0205. The Morgan fingerprint density at radius 3 is 2.86 bits per heavy atom. The molecule has 0 spiro atoms. The third-order valence-corrected chi connectivity index (χ3v) is 5.22. The monoisotopic (exact) mass is 397 g/mol. The molecule has 1 N–H and O–H groups in total. The number of aromatic nitrogens is 4. The Balaban J connectivity index is 1.66. The first-order valence-corrected chi connectivity index (χ1v) is 9.95. The molecule has 0 saturated carbocycles. The van der Waals surface area contributed by atoms with Crippen molar-refractivity contribution in [3.63, 3.8) is 0 Å². The van der Waals surface area contributed by atoms with Crippen LogP contribution in [0.15, 0.2) is 22.7 Å². The first-order chi connectivity index (χ1) is 14.0. The van der Waals surface area contributed by atoms with Gasteiger partial charge in [-0.15, -0.1) is 10.2 Å². The Bertz CT molecular complexity index is 1050. The summed E-state index contributed by atoms with van der Waals surface area (Å²) >= 11 is 0. The fourth-order valence-corrected chi connectivity index (χ4v) is 3.71. The Morgan fingerprint density at radius 1 is 1.24 bits per heavy atom. The summed E-state index contributed by atoms with van der Waals surface area (Å²) in [7, 11) is 0. The molecule has 29 heavy (non-hydrogen) atoms. The minimum atomic E-state index is -0.397. The minimum Gasteiger partial charge on any atom is -0.360 e. The maximum absolute atomic E-state index is 14.6. The van der Waals surface area contributed by atoms with Gasteiger partial charge >= 0.3 is 0 Å². The van der Waals surface area contributed by atoms with Crippen LogP contribution in [-0.2, 0) is 13.0 Å². The van der Waals surface area contributed by atoms with Crippen molar-refractivity contribution >= 4 is 11.6 Å². The smallest absolute Gasteiger partial charge is 0.261 e. The lowest BCUT2D eigenvalue weighted by Crippen LogP contribution is -2.15. The lowest BCUT2D eigenvalue weighted by Gasteiger charge is -2.11. The number of halogens is 1. The number of hydrogen-bond acceptors (Lipinski definition) is 5. The summed E-state index contributed by atoms with van der Waals surface area (Å²) in [5, 5.41) is 15.2. The van der Waals surface area contributed by atoms with Gasteiger partial charge in [0.25, 0.3) is 5.91 Å². The van der Waals surface area contributed by atoms with Crippen LogP contribution in [0, 0.1) is 12.7 Å². The summed E-state index contributed by atoms with van der Waals surface area (Å²) in [4.78, 5) is 12.8. The number of nitrogens with one attached hydrogen (secondary N) is 1. The number of amides is 1. The lowest BCUT2D eigenvalue weighted by molar-refractivity contribution is 0.102. The van der Waals surface area contributed by atoms with Crippen molar-refractivity contribution in [1.82, 2.24) is 19.9 Å². The number of carbonyl (C=O) groups is 1. The van der Waals surface area contributed by atoms with Crippen LogP contribution in [0.5, 0.6) is 0 Å². The van der Waals surface area contributed by atoms with E-state index in [1.807, 2.05) is 18.4 Å². The zero-order chi connectivity index (χ0) is 20.5. The van der Waals surface area contributed by atoms with Gasteiger partial charge in [0.2, 0.25) is 0 Å². The van der Waals surface area contributed by atoms with E-state index < -0.39 is 5.82 Å². The van der Waals surface area contributed by atoms with Crippen molar-refractivity contribution in [2.45, 2.75) is 58.9 Å². The molecule has 0 radical (unpaired) electrons. The maximum Gasteiger partial charge on any atom is 0.261 e. The van der Waals surface area contributed by atoms with E-state index >= 15 is 0 Å². The third kappa shape index (κ3) is 3.66. The van der Waals surface area contributed by atoms with Gasteiger partial charge in [0, 0.05) is 24.6 Å². The Labute approximate surface area is 168 Å². The third-order valence-electron chi connectivity index (χ3n) is 5.22. The molecule has 4 rings (SSSR count). The maximum atomic E-state index is 14.6. The molecule has 0 atom stereocenters. The summed E-state index contributed by atoms with van der Waals surface area (Å²) in [5.74, 6) is 1.21. The van der Waals surface area contributed by atoms with Crippen LogP contribution in [-0.4, -0.2) is 25.8 Å². The van der Waals surface area contributed by atoms with Crippen molar-refractivity contribution in [2.24, 2.45) is 0 Å². The zero-order valence-corrected chi connectivity index (χ0v) is 16.8. The highest BCUT2D eigenvalue weighted by atomic mass is 19.1. The Morgan fingerprint density at radius 2 is 2.07 bits per heavy atom. The molecule has 152 valence electrons. The van der Waals surface area contributed by atoms with Crippen LogP contribution >= 0.6 is 0 Å². The topological polar surface area (TPSA) is 85.8 Å². The van der Waals surface area contributed by atoms with E-state index in [-0.39, 0.29) is 11.8 Å². The molecule has 8 heteroatoms. The molecule has 7 nitrogen and oxygen atoms in total. The molecule has 0 unspecified atom stereocenters. The predicted molar refractivity (Wildman–Crippen MR) is 106 cm³/mol. The van der Waals surface area contributed by atoms with Crippen LogP contribution in [0.2, 0.25) is 0 Å². The lowest BCUT2D eigenvalue weighted by atomic mass is 10.0. The van der Waals surface area contributed by atoms with Gasteiger partial charge in [-0.25, -0.2) is 4.39 Å². The number of anilines is 1. The molecule has 1 aliphatic heterocycles. The number of hydrogen-bond donors (Lipinski definition) is 1. The summed E-state index contributed by atoms with van der Waals surface area (Å²) in [6.07, 6.45) is 4.04. The molecule has 2 aromatic heterocycles. The molecule has 0 saturated heterocycles. The fraction of sp³-hybridized carbons (Fsp3) is 0.429. The number of benzene rings is 1. The molecule has 3 heterocycles. The highest BCUT2D eigenvalue weighted by Crippen LogP contribution is 2.29. The largest absolute Gasteiger partial charge is 0.360 e. The van der Waals surface area contributed by atoms with Crippen molar-refractivity contribution < 1.29 is 13.7 Å². The van der Waals surface area contributed by atoms with E-state index in [1.54, 1.807) is 13.0 Å². The molecule has 3 aromatic rings. The van der Waals surface area contributed by atoms with Crippen molar-refractivity contribution in [2.75, 3.05) is 5.32 Å². The molecule has 0 bridgehead atoms. The van der Waals surface area contributed by atoms with Gasteiger partial charge in [-0.1, -0.05) is 25.4 Å². The van der Waals surface area contributed by atoms with Gasteiger partial charge in [0.15, 0.2) is 11.6 Å². The van der Waals surface area contributed by atoms with E-state index in [0.717, 1.165) is 38.1 Å². The van der Waals surface area contributed by atoms with E-state index in [1.165, 1.54) is 12.1 Å². The van der Waals surface area contributed by atoms with Gasteiger partial charge in [-0.05, 0) is 38.0 Å². The average molecular weight is 397 g/mol. The highest BCUT2D eigenvalue weighted by Gasteiger charge is 2.24. The number of carbonyl (C=O) groups excluding carboxylic acids is 1. The number of aryl methyl sites for hydroxylation is 2. The number of fused-ring (bicyclic) bond motifs is 1. The number of rotatable bonds is 4. The second-order valence-corrected chi connectivity index (χ2v) is 7.71. The van der Waals surface area contributed by atoms with E-state index in [0.29, 0.717) is 34.1 Å². The zero-order valence-electron chi connectivity index (χ0n) is 16.8. The summed E-state index contributed by atoms with van der Waals surface area (Å²) in [6, 6.07) is 4.48. The first-order valence-electron chi connectivity index (χ1n) is 9.95. The van der Waals surface area contributed by atoms with Crippen molar-refractivity contribution in [3.05, 3.63) is 46.9 Å².